The van der Waals surface area contributed by atoms with E-state index in [9.17, 15) is 9.59 Å². The van der Waals surface area contributed by atoms with Crippen LogP contribution in [-0.2, 0) is 11.3 Å². The Morgan fingerprint density at radius 1 is 1.17 bits per heavy atom. The van der Waals surface area contributed by atoms with Gasteiger partial charge in [0.1, 0.15) is 10.0 Å². The number of aryl methyl sites for hydroxylation is 3. The highest BCUT2D eigenvalue weighted by Gasteiger charge is 2.23. The topological polar surface area (TPSA) is 86.1 Å². The Kier molecular flexibility index (Phi) is 6.34. The number of hydrogen-bond acceptors (Lipinski definition) is 6. The standard InChI is InChI=1S/C20H21ClN4O3S/c1-5-28-19(27)16-13(4)22-20(29-16)23-18(26)15-12(3)24-25(17(15)21)10-14-8-6-11(2)7-9-14/h6-9H,5,10H2,1-4H3,(H,22,23,26). The zero-order chi connectivity index (χ0) is 21.1. The first-order valence-corrected chi connectivity index (χ1v) is 10.2. The summed E-state index contributed by atoms with van der Waals surface area (Å²) in [5, 5.41) is 7.66. The van der Waals surface area contributed by atoms with Crippen molar-refractivity contribution in [2.24, 2.45) is 0 Å². The van der Waals surface area contributed by atoms with E-state index in [1.807, 2.05) is 31.2 Å². The van der Waals surface area contributed by atoms with Gasteiger partial charge in [-0.3, -0.25) is 10.1 Å². The third kappa shape index (κ3) is 4.65. The van der Waals surface area contributed by atoms with Crippen LogP contribution in [0.3, 0.4) is 0 Å². The maximum absolute atomic E-state index is 12.8. The van der Waals surface area contributed by atoms with Crippen LogP contribution < -0.4 is 5.32 Å². The molecule has 0 aliphatic heterocycles. The first-order chi connectivity index (χ1) is 13.8. The van der Waals surface area contributed by atoms with Crippen LogP contribution in [0.2, 0.25) is 5.15 Å². The van der Waals surface area contributed by atoms with E-state index in [2.05, 4.69) is 15.4 Å². The van der Waals surface area contributed by atoms with Crippen LogP contribution in [0.5, 0.6) is 0 Å². The van der Waals surface area contributed by atoms with Gasteiger partial charge in [-0.15, -0.1) is 0 Å². The minimum absolute atomic E-state index is 0.250. The number of halogens is 1. The number of carbonyl (C=O) groups is 2. The van der Waals surface area contributed by atoms with Crippen LogP contribution in [0.1, 0.15) is 49.5 Å². The average Bonchev–Trinajstić information content (AvgIpc) is 3.16. The van der Waals surface area contributed by atoms with E-state index >= 15 is 0 Å². The largest absolute Gasteiger partial charge is 0.462 e. The quantitative estimate of drug-likeness (QED) is 0.583. The number of ether oxygens (including phenoxy) is 1. The Morgan fingerprint density at radius 3 is 2.52 bits per heavy atom. The molecule has 7 nitrogen and oxygen atoms in total. The van der Waals surface area contributed by atoms with Crippen molar-refractivity contribution in [1.29, 1.82) is 0 Å². The SMILES string of the molecule is CCOC(=O)c1sc(NC(=O)c2c(C)nn(Cc3ccc(C)cc3)c2Cl)nc1C. The molecule has 3 aromatic rings. The lowest BCUT2D eigenvalue weighted by atomic mass is 10.1. The molecule has 152 valence electrons. The van der Waals surface area contributed by atoms with Crippen LogP contribution in [-0.4, -0.2) is 33.2 Å². The summed E-state index contributed by atoms with van der Waals surface area (Å²) in [4.78, 5) is 29.3. The summed E-state index contributed by atoms with van der Waals surface area (Å²) in [7, 11) is 0. The van der Waals surface area contributed by atoms with Gasteiger partial charge in [0.15, 0.2) is 5.13 Å². The molecule has 0 bridgehead atoms. The summed E-state index contributed by atoms with van der Waals surface area (Å²) in [6, 6.07) is 8.02. The maximum atomic E-state index is 12.8. The van der Waals surface area contributed by atoms with E-state index in [1.54, 1.807) is 25.5 Å². The molecular formula is C20H21ClN4O3S. The Hall–Kier alpha value is -2.71. The van der Waals surface area contributed by atoms with Gasteiger partial charge >= 0.3 is 5.97 Å². The van der Waals surface area contributed by atoms with E-state index in [0.29, 0.717) is 27.9 Å². The Bertz CT molecular complexity index is 1060. The number of rotatable bonds is 6. The highest BCUT2D eigenvalue weighted by Crippen LogP contribution is 2.26. The number of carbonyl (C=O) groups excluding carboxylic acids is 2. The third-order valence-corrected chi connectivity index (χ3v) is 5.66. The Labute approximate surface area is 177 Å². The van der Waals surface area contributed by atoms with E-state index in [1.165, 1.54) is 0 Å². The minimum Gasteiger partial charge on any atom is -0.462 e. The van der Waals surface area contributed by atoms with E-state index in [4.69, 9.17) is 16.3 Å². The molecule has 3 rings (SSSR count). The highest BCUT2D eigenvalue weighted by molar-refractivity contribution is 7.17. The van der Waals surface area contributed by atoms with Gasteiger partial charge in [-0.05, 0) is 33.3 Å². The number of amides is 1. The molecule has 1 N–H and O–H groups in total. The van der Waals surface area contributed by atoms with E-state index in [0.717, 1.165) is 22.5 Å². The fourth-order valence-electron chi connectivity index (χ4n) is 2.78. The summed E-state index contributed by atoms with van der Waals surface area (Å²) in [5.74, 6) is -0.880. The van der Waals surface area contributed by atoms with Gasteiger partial charge in [-0.2, -0.15) is 5.10 Å². The molecular weight excluding hydrogens is 412 g/mol. The average molecular weight is 433 g/mol. The Balaban J connectivity index is 1.79. The second-order valence-corrected chi connectivity index (χ2v) is 7.86. The zero-order valence-electron chi connectivity index (χ0n) is 16.6. The number of esters is 1. The van der Waals surface area contributed by atoms with Crippen molar-refractivity contribution in [3.63, 3.8) is 0 Å². The normalized spacial score (nSPS) is 10.8. The van der Waals surface area contributed by atoms with Crippen molar-refractivity contribution in [3.8, 4) is 0 Å². The molecule has 2 aromatic heterocycles. The lowest BCUT2D eigenvalue weighted by Gasteiger charge is -2.05. The number of nitrogens with one attached hydrogen (secondary N) is 1. The van der Waals surface area contributed by atoms with Gasteiger partial charge < -0.3 is 4.74 Å². The molecule has 0 aliphatic carbocycles. The molecule has 0 aliphatic rings. The van der Waals surface area contributed by atoms with Gasteiger partial charge in [0, 0.05) is 0 Å². The van der Waals surface area contributed by atoms with Crippen molar-refractivity contribution in [1.82, 2.24) is 14.8 Å². The number of benzene rings is 1. The third-order valence-electron chi connectivity index (χ3n) is 4.22. The number of nitrogens with zero attached hydrogens (tertiary/aromatic N) is 3. The number of aromatic nitrogens is 3. The summed E-state index contributed by atoms with van der Waals surface area (Å²) in [6.07, 6.45) is 0. The fraction of sp³-hybridized carbons (Fsp3) is 0.300. The van der Waals surface area contributed by atoms with Gasteiger partial charge in [0.25, 0.3) is 5.91 Å². The van der Waals surface area contributed by atoms with Crippen LogP contribution in [0, 0.1) is 20.8 Å². The zero-order valence-corrected chi connectivity index (χ0v) is 18.1. The summed E-state index contributed by atoms with van der Waals surface area (Å²) in [5.41, 5.74) is 3.49. The highest BCUT2D eigenvalue weighted by atomic mass is 35.5. The monoisotopic (exact) mass is 432 g/mol. The predicted molar refractivity (Wildman–Crippen MR) is 113 cm³/mol. The van der Waals surface area contributed by atoms with Crippen LogP contribution in [0.25, 0.3) is 0 Å². The molecule has 1 amide bonds. The van der Waals surface area contributed by atoms with Gasteiger partial charge in [-0.1, -0.05) is 52.8 Å². The van der Waals surface area contributed by atoms with Crippen LogP contribution in [0.4, 0.5) is 5.13 Å². The van der Waals surface area contributed by atoms with Crippen LogP contribution >= 0.6 is 22.9 Å². The number of anilines is 1. The van der Waals surface area contributed by atoms with E-state index in [-0.39, 0.29) is 17.3 Å². The number of hydrogen-bond donors (Lipinski definition) is 1. The molecule has 0 saturated carbocycles. The first-order valence-electron chi connectivity index (χ1n) is 9.04. The van der Waals surface area contributed by atoms with Crippen LogP contribution in [0.15, 0.2) is 24.3 Å². The van der Waals surface area contributed by atoms with Crippen molar-refractivity contribution in [2.45, 2.75) is 34.2 Å². The Morgan fingerprint density at radius 2 is 1.86 bits per heavy atom. The van der Waals surface area contributed by atoms with Crippen molar-refractivity contribution >= 4 is 39.9 Å². The second-order valence-electron chi connectivity index (χ2n) is 6.50. The van der Waals surface area contributed by atoms with Crippen molar-refractivity contribution in [3.05, 3.63) is 62.4 Å². The van der Waals surface area contributed by atoms with Crippen molar-refractivity contribution < 1.29 is 14.3 Å². The maximum Gasteiger partial charge on any atom is 0.350 e. The molecule has 9 heteroatoms. The summed E-state index contributed by atoms with van der Waals surface area (Å²) < 4.78 is 6.59. The molecule has 0 spiro atoms. The molecule has 1 aromatic carbocycles. The molecule has 0 atom stereocenters. The number of thiazole rings is 1. The first kappa shape index (κ1) is 21.0. The van der Waals surface area contributed by atoms with Gasteiger partial charge in [0.2, 0.25) is 0 Å². The molecule has 29 heavy (non-hydrogen) atoms. The predicted octanol–water partition coefficient (Wildman–Crippen LogP) is 4.40. The summed E-state index contributed by atoms with van der Waals surface area (Å²) in [6.45, 7) is 7.89. The lowest BCUT2D eigenvalue weighted by Crippen LogP contribution is -2.13. The molecule has 0 unspecified atom stereocenters. The molecule has 0 fully saturated rings. The molecule has 0 saturated heterocycles. The van der Waals surface area contributed by atoms with Gasteiger partial charge in [-0.25, -0.2) is 14.5 Å². The molecule has 2 heterocycles. The smallest absolute Gasteiger partial charge is 0.350 e. The second kappa shape index (κ2) is 8.75. The molecule has 0 radical (unpaired) electrons. The lowest BCUT2D eigenvalue weighted by molar-refractivity contribution is 0.0531. The fourth-order valence-corrected chi connectivity index (χ4v) is 3.95. The van der Waals surface area contributed by atoms with Gasteiger partial charge in [0.05, 0.1) is 30.1 Å². The minimum atomic E-state index is -0.455. The van der Waals surface area contributed by atoms with E-state index < -0.39 is 11.9 Å². The van der Waals surface area contributed by atoms with Crippen molar-refractivity contribution in [2.75, 3.05) is 11.9 Å². The summed E-state index contributed by atoms with van der Waals surface area (Å²) >= 11 is 7.51.